The van der Waals surface area contributed by atoms with Gasteiger partial charge >= 0.3 is 18.4 Å². The lowest BCUT2D eigenvalue weighted by atomic mass is 9.81. The van der Waals surface area contributed by atoms with E-state index in [1.54, 1.807) is 31.2 Å². The van der Waals surface area contributed by atoms with Gasteiger partial charge in [-0.25, -0.2) is 4.98 Å². The number of nitrogens with zero attached hydrogens (tertiary/aromatic N) is 4. The summed E-state index contributed by atoms with van der Waals surface area (Å²) in [6.07, 6.45) is -8.88. The average molecular weight is 627 g/mol. The fourth-order valence-corrected chi connectivity index (χ4v) is 4.55. The minimum atomic E-state index is -5.07. The molecule has 0 radical (unpaired) electrons. The molecule has 0 unspecified atom stereocenters. The molecule has 2 aromatic carbocycles. The average Bonchev–Trinajstić information content (AvgIpc) is 2.97. The van der Waals surface area contributed by atoms with Crippen LogP contribution in [0.5, 0.6) is 17.6 Å². The number of aryl methyl sites for hydroxylation is 1. The highest BCUT2D eigenvalue weighted by Crippen LogP contribution is 2.40. The predicted molar refractivity (Wildman–Crippen MR) is 149 cm³/mol. The molecule has 1 aliphatic rings. The van der Waals surface area contributed by atoms with Crippen LogP contribution in [0.4, 0.5) is 32.0 Å². The van der Waals surface area contributed by atoms with E-state index >= 15 is 0 Å². The Kier molecular flexibility index (Phi) is 9.74. The number of hydrogen-bond acceptors (Lipinski definition) is 7. The van der Waals surface area contributed by atoms with Crippen molar-refractivity contribution in [2.24, 2.45) is 0 Å². The van der Waals surface area contributed by atoms with Gasteiger partial charge in [0.1, 0.15) is 18.0 Å². The summed E-state index contributed by atoms with van der Waals surface area (Å²) in [7, 11) is 1.31. The number of carbonyl (C=O) groups is 1. The minimum absolute atomic E-state index is 0.0214. The van der Waals surface area contributed by atoms with Crippen molar-refractivity contribution in [3.63, 3.8) is 0 Å². The molecule has 238 valence electrons. The molecule has 4 rings (SSSR count). The number of alkyl halides is 6. The SMILES string of the molecule is Cc1ccccc1Oc1nc(OCCN2CCOCC2)ncc1N(C)C(=O)C(C)(C)c1cc(C(F)(F)F)cc(C(F)(F)F)c1. The van der Waals surface area contributed by atoms with Crippen molar-refractivity contribution in [2.75, 3.05) is 51.4 Å². The van der Waals surface area contributed by atoms with Gasteiger partial charge in [0.2, 0.25) is 11.8 Å². The fraction of sp³-hybridized carbons (Fsp3) is 0.433. The van der Waals surface area contributed by atoms with Crippen LogP contribution in [0.25, 0.3) is 0 Å². The van der Waals surface area contributed by atoms with E-state index in [4.69, 9.17) is 14.2 Å². The topological polar surface area (TPSA) is 77.0 Å². The van der Waals surface area contributed by atoms with Crippen molar-refractivity contribution >= 4 is 11.6 Å². The number of anilines is 1. The highest BCUT2D eigenvalue weighted by atomic mass is 19.4. The van der Waals surface area contributed by atoms with Gasteiger partial charge in [-0.3, -0.25) is 9.69 Å². The zero-order valence-corrected chi connectivity index (χ0v) is 24.6. The Morgan fingerprint density at radius 1 is 0.977 bits per heavy atom. The van der Waals surface area contributed by atoms with Gasteiger partial charge < -0.3 is 19.1 Å². The maximum absolute atomic E-state index is 13.8. The van der Waals surface area contributed by atoms with Crippen LogP contribution in [0, 0.1) is 6.92 Å². The van der Waals surface area contributed by atoms with Gasteiger partial charge in [-0.15, -0.1) is 0 Å². The van der Waals surface area contributed by atoms with Crippen LogP contribution in [0.1, 0.15) is 36.1 Å². The second-order valence-electron chi connectivity index (χ2n) is 10.8. The summed E-state index contributed by atoms with van der Waals surface area (Å²) >= 11 is 0. The summed E-state index contributed by atoms with van der Waals surface area (Å²) < 4.78 is 98.5. The normalized spacial score (nSPS) is 14.8. The molecule has 8 nitrogen and oxygen atoms in total. The molecule has 2 heterocycles. The van der Waals surface area contributed by atoms with Crippen molar-refractivity contribution in [1.29, 1.82) is 0 Å². The third kappa shape index (κ3) is 7.78. The van der Waals surface area contributed by atoms with Gasteiger partial charge in [0, 0.05) is 26.7 Å². The molecule has 0 N–H and O–H groups in total. The molecule has 1 fully saturated rings. The summed E-state index contributed by atoms with van der Waals surface area (Å²) in [4.78, 5) is 25.5. The number of hydrogen-bond donors (Lipinski definition) is 0. The van der Waals surface area contributed by atoms with Gasteiger partial charge in [-0.2, -0.15) is 31.3 Å². The Hall–Kier alpha value is -3.91. The van der Waals surface area contributed by atoms with Crippen LogP contribution in [-0.4, -0.2) is 67.3 Å². The Morgan fingerprint density at radius 2 is 1.57 bits per heavy atom. The maximum Gasteiger partial charge on any atom is 0.416 e. The third-order valence-electron chi connectivity index (χ3n) is 7.27. The van der Waals surface area contributed by atoms with E-state index in [9.17, 15) is 31.1 Å². The first-order chi connectivity index (χ1) is 20.6. The standard InChI is InChI=1S/C30H32F6N4O4/c1-19-7-5-6-8-24(19)44-25-23(18-37-27(38-25)43-14-11-40-9-12-42-13-10-40)39(4)26(41)28(2,3)20-15-21(29(31,32)33)17-22(16-20)30(34,35)36/h5-8,15-18H,9-14H2,1-4H3. The Balaban J connectivity index is 1.66. The Labute approximate surface area is 250 Å². The Bertz CT molecular complexity index is 1440. The van der Waals surface area contributed by atoms with Crippen molar-refractivity contribution in [1.82, 2.24) is 14.9 Å². The molecule has 0 atom stereocenters. The highest BCUT2D eigenvalue weighted by molar-refractivity contribution is 6.01. The van der Waals surface area contributed by atoms with Gasteiger partial charge in [0.25, 0.3) is 0 Å². The van der Waals surface area contributed by atoms with Crippen LogP contribution in [0.2, 0.25) is 0 Å². The van der Waals surface area contributed by atoms with Gasteiger partial charge in [0.05, 0.1) is 36.0 Å². The summed E-state index contributed by atoms with van der Waals surface area (Å²) in [5, 5.41) is 0. The lowest BCUT2D eigenvalue weighted by molar-refractivity contribution is -0.143. The summed E-state index contributed by atoms with van der Waals surface area (Å²) in [6.45, 7) is 7.87. The highest BCUT2D eigenvalue weighted by Gasteiger charge is 2.41. The summed E-state index contributed by atoms with van der Waals surface area (Å²) in [6, 6.07) is 8.07. The summed E-state index contributed by atoms with van der Waals surface area (Å²) in [5.41, 5.74) is -4.59. The molecule has 1 saturated heterocycles. The minimum Gasteiger partial charge on any atom is -0.462 e. The first kappa shape index (κ1) is 33.0. The number of ether oxygens (including phenoxy) is 3. The van der Waals surface area contributed by atoms with Gasteiger partial charge in [-0.05, 0) is 56.2 Å². The van der Waals surface area contributed by atoms with E-state index in [1.807, 2.05) is 0 Å². The molecule has 0 bridgehead atoms. The van der Waals surface area contributed by atoms with Crippen molar-refractivity contribution in [3.8, 4) is 17.6 Å². The molecule has 0 aliphatic carbocycles. The van der Waals surface area contributed by atoms with Gasteiger partial charge in [-0.1, -0.05) is 18.2 Å². The summed E-state index contributed by atoms with van der Waals surface area (Å²) in [5.74, 6) is -0.522. The van der Waals surface area contributed by atoms with Crippen LogP contribution < -0.4 is 14.4 Å². The largest absolute Gasteiger partial charge is 0.462 e. The van der Waals surface area contributed by atoms with Crippen molar-refractivity contribution < 1.29 is 45.3 Å². The van der Waals surface area contributed by atoms with E-state index < -0.39 is 40.4 Å². The second kappa shape index (κ2) is 13.0. The molecule has 14 heteroatoms. The monoisotopic (exact) mass is 626 g/mol. The number of halogens is 6. The van der Waals surface area contributed by atoms with Crippen LogP contribution in [0.15, 0.2) is 48.7 Å². The number of morpholine rings is 1. The molecule has 3 aromatic rings. The zero-order valence-electron chi connectivity index (χ0n) is 24.6. The first-order valence-corrected chi connectivity index (χ1v) is 13.7. The lowest BCUT2D eigenvalue weighted by Crippen LogP contribution is -2.42. The van der Waals surface area contributed by atoms with Crippen LogP contribution in [-0.2, 0) is 27.3 Å². The van der Waals surface area contributed by atoms with Crippen molar-refractivity contribution in [2.45, 2.75) is 38.5 Å². The molecular formula is C30H32F6N4O4. The van der Waals surface area contributed by atoms with E-state index in [0.717, 1.165) is 23.6 Å². The van der Waals surface area contributed by atoms with Crippen molar-refractivity contribution in [3.05, 3.63) is 70.9 Å². The van der Waals surface area contributed by atoms with E-state index in [0.29, 0.717) is 37.6 Å². The number of para-hydroxylation sites is 1. The maximum atomic E-state index is 13.8. The first-order valence-electron chi connectivity index (χ1n) is 13.7. The molecule has 1 amide bonds. The zero-order chi connectivity index (χ0) is 32.3. The van der Waals surface area contributed by atoms with Crippen LogP contribution >= 0.6 is 0 Å². The number of benzene rings is 2. The lowest BCUT2D eigenvalue weighted by Gasteiger charge is -2.31. The molecule has 44 heavy (non-hydrogen) atoms. The number of amides is 1. The molecule has 0 saturated carbocycles. The molecule has 1 aliphatic heterocycles. The second-order valence-corrected chi connectivity index (χ2v) is 10.8. The number of carbonyl (C=O) groups excluding carboxylic acids is 1. The van der Waals surface area contributed by atoms with E-state index in [2.05, 4.69) is 14.9 Å². The smallest absolute Gasteiger partial charge is 0.416 e. The van der Waals surface area contributed by atoms with Crippen LogP contribution in [0.3, 0.4) is 0 Å². The van der Waals surface area contributed by atoms with E-state index in [1.165, 1.54) is 27.1 Å². The Morgan fingerprint density at radius 3 is 2.16 bits per heavy atom. The van der Waals surface area contributed by atoms with Gasteiger partial charge in [0.15, 0.2) is 0 Å². The number of aromatic nitrogens is 2. The molecule has 0 spiro atoms. The predicted octanol–water partition coefficient (Wildman–Crippen LogP) is 6.27. The number of likely N-dealkylation sites (N-methyl/N-ethyl adjacent to an activating group) is 1. The molecular weight excluding hydrogens is 594 g/mol. The van der Waals surface area contributed by atoms with E-state index in [-0.39, 0.29) is 30.3 Å². The fourth-order valence-electron chi connectivity index (χ4n) is 4.55. The molecule has 1 aromatic heterocycles. The quantitative estimate of drug-likeness (QED) is 0.259. The number of rotatable bonds is 9. The third-order valence-corrected chi connectivity index (χ3v) is 7.27.